The molecule has 21 heavy (non-hydrogen) atoms. The summed E-state index contributed by atoms with van der Waals surface area (Å²) in [6, 6.07) is 5.56. The summed E-state index contributed by atoms with van der Waals surface area (Å²) in [4.78, 5) is 21.2. The van der Waals surface area contributed by atoms with Crippen molar-refractivity contribution in [1.82, 2.24) is 14.9 Å². The zero-order valence-electron chi connectivity index (χ0n) is 11.8. The maximum absolute atomic E-state index is 12.0. The van der Waals surface area contributed by atoms with E-state index in [0.717, 1.165) is 21.8 Å². The van der Waals surface area contributed by atoms with Crippen LogP contribution in [0.15, 0.2) is 30.6 Å². The first kappa shape index (κ1) is 13.9. The van der Waals surface area contributed by atoms with Gasteiger partial charge in [0.15, 0.2) is 0 Å². The number of likely N-dealkylation sites (N-methyl/N-ethyl adjacent to an activating group) is 1. The Morgan fingerprint density at radius 2 is 2.19 bits per heavy atom. The van der Waals surface area contributed by atoms with Gasteiger partial charge in [-0.1, -0.05) is 11.6 Å². The Morgan fingerprint density at radius 3 is 2.95 bits per heavy atom. The van der Waals surface area contributed by atoms with E-state index in [9.17, 15) is 4.79 Å². The molecule has 0 aliphatic rings. The zero-order chi connectivity index (χ0) is 15.0. The first-order chi connectivity index (χ1) is 10.0. The fourth-order valence-electron chi connectivity index (χ4n) is 2.39. The molecule has 0 atom stereocenters. The van der Waals surface area contributed by atoms with Gasteiger partial charge in [0.2, 0.25) is 5.91 Å². The summed E-state index contributed by atoms with van der Waals surface area (Å²) in [5, 5.41) is 5.49. The zero-order valence-corrected chi connectivity index (χ0v) is 12.5. The van der Waals surface area contributed by atoms with Crippen molar-refractivity contribution in [3.05, 3.63) is 35.6 Å². The molecule has 108 valence electrons. The predicted molar refractivity (Wildman–Crippen MR) is 85.8 cm³/mol. The SMILES string of the molecule is CN(C)CC(=O)Nc1cc(Cl)cc2c1[nH]c1cnccc12. The molecule has 0 saturated heterocycles. The van der Waals surface area contributed by atoms with E-state index >= 15 is 0 Å². The maximum atomic E-state index is 12.0. The molecule has 0 unspecified atom stereocenters. The normalized spacial score (nSPS) is 11.4. The number of hydrogen-bond acceptors (Lipinski definition) is 3. The minimum atomic E-state index is -0.0830. The molecule has 3 rings (SSSR count). The van der Waals surface area contributed by atoms with Crippen LogP contribution in [0.1, 0.15) is 0 Å². The van der Waals surface area contributed by atoms with Gasteiger partial charge in [-0.2, -0.15) is 0 Å². The highest BCUT2D eigenvalue weighted by atomic mass is 35.5. The number of aromatic amines is 1. The van der Waals surface area contributed by atoms with Crippen molar-refractivity contribution in [1.29, 1.82) is 0 Å². The molecule has 0 fully saturated rings. The molecule has 1 amide bonds. The third-order valence-corrected chi connectivity index (χ3v) is 3.43. The van der Waals surface area contributed by atoms with E-state index in [0.29, 0.717) is 17.3 Å². The molecule has 2 N–H and O–H groups in total. The smallest absolute Gasteiger partial charge is 0.238 e. The van der Waals surface area contributed by atoms with E-state index in [1.807, 2.05) is 31.1 Å². The van der Waals surface area contributed by atoms with Gasteiger partial charge in [0.1, 0.15) is 0 Å². The summed E-state index contributed by atoms with van der Waals surface area (Å²) in [6.07, 6.45) is 3.50. The number of benzene rings is 1. The molecule has 0 aliphatic carbocycles. The molecule has 0 bridgehead atoms. The number of pyridine rings is 1. The Morgan fingerprint density at radius 1 is 1.38 bits per heavy atom. The highest BCUT2D eigenvalue weighted by Gasteiger charge is 2.12. The second-order valence-electron chi connectivity index (χ2n) is 5.21. The molecule has 2 aromatic heterocycles. The monoisotopic (exact) mass is 302 g/mol. The Kier molecular flexibility index (Phi) is 3.53. The van der Waals surface area contributed by atoms with E-state index in [-0.39, 0.29) is 5.91 Å². The van der Waals surface area contributed by atoms with Crippen LogP contribution in [0.5, 0.6) is 0 Å². The number of carbonyl (C=O) groups is 1. The van der Waals surface area contributed by atoms with Crippen LogP contribution in [0.3, 0.4) is 0 Å². The number of aromatic nitrogens is 2. The predicted octanol–water partition coefficient (Wildman–Crippen LogP) is 2.87. The summed E-state index contributed by atoms with van der Waals surface area (Å²) < 4.78 is 0. The molecule has 6 heteroatoms. The van der Waals surface area contributed by atoms with E-state index in [1.54, 1.807) is 18.5 Å². The molecule has 0 spiro atoms. The van der Waals surface area contributed by atoms with Crippen LogP contribution in [0.4, 0.5) is 5.69 Å². The van der Waals surface area contributed by atoms with Crippen LogP contribution in [0, 0.1) is 0 Å². The number of nitrogens with one attached hydrogen (secondary N) is 2. The minimum Gasteiger partial charge on any atom is -0.352 e. The maximum Gasteiger partial charge on any atom is 0.238 e. The van der Waals surface area contributed by atoms with Crippen LogP contribution in [0.2, 0.25) is 5.02 Å². The van der Waals surface area contributed by atoms with E-state index < -0.39 is 0 Å². The summed E-state index contributed by atoms with van der Waals surface area (Å²) in [6.45, 7) is 0.315. The number of hydrogen-bond donors (Lipinski definition) is 2. The van der Waals surface area contributed by atoms with Crippen molar-refractivity contribution in [2.24, 2.45) is 0 Å². The Labute approximate surface area is 126 Å². The standard InChI is InChI=1S/C15H15ClN4O/c1-20(2)8-14(21)18-12-6-9(16)5-11-10-3-4-17-7-13(10)19-15(11)12/h3-7,19H,8H2,1-2H3,(H,18,21). The van der Waals surface area contributed by atoms with E-state index in [4.69, 9.17) is 11.6 Å². The van der Waals surface area contributed by atoms with E-state index in [1.165, 1.54) is 0 Å². The van der Waals surface area contributed by atoms with Crippen molar-refractivity contribution < 1.29 is 4.79 Å². The van der Waals surface area contributed by atoms with Crippen LogP contribution in [0.25, 0.3) is 21.8 Å². The number of H-pyrrole nitrogens is 1. The summed E-state index contributed by atoms with van der Waals surface area (Å²) in [5.41, 5.74) is 2.45. The van der Waals surface area contributed by atoms with Gasteiger partial charge >= 0.3 is 0 Å². The first-order valence-electron chi connectivity index (χ1n) is 6.54. The van der Waals surface area contributed by atoms with Crippen LogP contribution in [-0.2, 0) is 4.79 Å². The molecule has 0 saturated carbocycles. The number of halogens is 1. The average molecular weight is 303 g/mol. The number of rotatable bonds is 3. The topological polar surface area (TPSA) is 61.0 Å². The van der Waals surface area contributed by atoms with Gasteiger partial charge in [0, 0.05) is 22.0 Å². The van der Waals surface area contributed by atoms with Gasteiger partial charge in [0.25, 0.3) is 0 Å². The second-order valence-corrected chi connectivity index (χ2v) is 5.64. The lowest BCUT2D eigenvalue weighted by Crippen LogP contribution is -2.27. The summed E-state index contributed by atoms with van der Waals surface area (Å²) >= 11 is 6.18. The van der Waals surface area contributed by atoms with Crippen LogP contribution >= 0.6 is 11.6 Å². The van der Waals surface area contributed by atoms with Crippen LogP contribution in [-0.4, -0.2) is 41.4 Å². The average Bonchev–Trinajstić information content (AvgIpc) is 2.77. The second kappa shape index (κ2) is 5.35. The van der Waals surface area contributed by atoms with Gasteiger partial charge in [-0.05, 0) is 32.3 Å². The van der Waals surface area contributed by atoms with Crippen molar-refractivity contribution in [2.45, 2.75) is 0 Å². The highest BCUT2D eigenvalue weighted by molar-refractivity contribution is 6.32. The van der Waals surface area contributed by atoms with Gasteiger partial charge < -0.3 is 15.2 Å². The number of nitrogens with zero attached hydrogens (tertiary/aromatic N) is 2. The molecular weight excluding hydrogens is 288 g/mol. The van der Waals surface area contributed by atoms with Crippen molar-refractivity contribution in [3.63, 3.8) is 0 Å². The first-order valence-corrected chi connectivity index (χ1v) is 6.92. The molecule has 0 aliphatic heterocycles. The lowest BCUT2D eigenvalue weighted by molar-refractivity contribution is -0.116. The van der Waals surface area contributed by atoms with Crippen LogP contribution < -0.4 is 5.32 Å². The lowest BCUT2D eigenvalue weighted by atomic mass is 10.1. The lowest BCUT2D eigenvalue weighted by Gasteiger charge is -2.11. The fourth-order valence-corrected chi connectivity index (χ4v) is 2.61. The number of anilines is 1. The quantitative estimate of drug-likeness (QED) is 0.782. The van der Waals surface area contributed by atoms with Gasteiger partial charge in [-0.25, -0.2) is 0 Å². The minimum absolute atomic E-state index is 0.0830. The molecule has 0 radical (unpaired) electrons. The third-order valence-electron chi connectivity index (χ3n) is 3.21. The molecule has 2 heterocycles. The molecular formula is C15H15ClN4O. The molecule has 1 aromatic carbocycles. The number of amides is 1. The Bertz CT molecular complexity index is 825. The third kappa shape index (κ3) is 2.70. The van der Waals surface area contributed by atoms with Crippen molar-refractivity contribution >= 4 is 45.0 Å². The number of carbonyl (C=O) groups excluding carboxylic acids is 1. The van der Waals surface area contributed by atoms with E-state index in [2.05, 4.69) is 15.3 Å². The fraction of sp³-hybridized carbons (Fsp3) is 0.200. The van der Waals surface area contributed by atoms with Gasteiger partial charge in [-0.15, -0.1) is 0 Å². The van der Waals surface area contributed by atoms with Crippen molar-refractivity contribution in [2.75, 3.05) is 26.0 Å². The summed E-state index contributed by atoms with van der Waals surface area (Å²) in [7, 11) is 3.70. The summed E-state index contributed by atoms with van der Waals surface area (Å²) in [5.74, 6) is -0.0830. The Hall–Kier alpha value is -2.11. The Balaban J connectivity index is 2.11. The van der Waals surface area contributed by atoms with Gasteiger partial charge in [0.05, 0.1) is 29.5 Å². The number of fused-ring (bicyclic) bond motifs is 3. The van der Waals surface area contributed by atoms with Gasteiger partial charge in [-0.3, -0.25) is 9.78 Å². The molecule has 5 nitrogen and oxygen atoms in total. The largest absolute Gasteiger partial charge is 0.352 e. The van der Waals surface area contributed by atoms with Crippen molar-refractivity contribution in [3.8, 4) is 0 Å². The highest BCUT2D eigenvalue weighted by Crippen LogP contribution is 2.33. The molecule has 3 aromatic rings.